The Kier molecular flexibility index (Phi) is 3.11. The van der Waals surface area contributed by atoms with Crippen LogP contribution in [0, 0.1) is 6.92 Å². The molecule has 0 saturated carbocycles. The number of nitrogens with one attached hydrogen (secondary N) is 2. The number of hydrogen-bond acceptors (Lipinski definition) is 6. The first-order valence-electron chi connectivity index (χ1n) is 5.51. The molecule has 0 spiro atoms. The fourth-order valence-corrected chi connectivity index (χ4v) is 4.83. The van der Waals surface area contributed by atoms with E-state index in [-0.39, 0.29) is 9.08 Å². The second kappa shape index (κ2) is 4.69. The number of nitrogens with zero attached hydrogens (tertiary/aromatic N) is 1. The van der Waals surface area contributed by atoms with Gasteiger partial charge in [-0.1, -0.05) is 11.3 Å². The van der Waals surface area contributed by atoms with E-state index in [9.17, 15) is 13.2 Å². The highest BCUT2D eigenvalue weighted by molar-refractivity contribution is 7.94. The van der Waals surface area contributed by atoms with Gasteiger partial charge in [0, 0.05) is 5.69 Å². The highest BCUT2D eigenvalue weighted by atomic mass is 32.2. The summed E-state index contributed by atoms with van der Waals surface area (Å²) < 4.78 is 27.8. The van der Waals surface area contributed by atoms with Gasteiger partial charge in [-0.05, 0) is 25.1 Å². The van der Waals surface area contributed by atoms with E-state index in [1.165, 1.54) is 11.3 Å². The smallest absolute Gasteiger partial charge is 0.306 e. The molecule has 0 amide bonds. The summed E-state index contributed by atoms with van der Waals surface area (Å²) in [7, 11) is -3.75. The van der Waals surface area contributed by atoms with Crippen molar-refractivity contribution < 1.29 is 8.42 Å². The fraction of sp³-hybridized carbons (Fsp3) is 0.0909. The van der Waals surface area contributed by atoms with E-state index in [1.807, 2.05) is 0 Å². The Balaban J connectivity index is 2.00. The normalized spacial score (nSPS) is 11.8. The number of fused-ring (bicyclic) bond motifs is 1. The number of anilines is 1. The van der Waals surface area contributed by atoms with E-state index < -0.39 is 10.0 Å². The minimum Gasteiger partial charge on any atom is -0.315 e. The number of benzene rings is 1. The van der Waals surface area contributed by atoms with Crippen LogP contribution in [0.4, 0.5) is 5.69 Å². The number of thiazole rings is 2. The standard InChI is InChI=1S/C11H9N3O3S3/c1-6-10(19-11(15)13-6)20(16,17)14-7-2-3-8-9(4-7)18-5-12-8/h2-5,14H,1H3,(H,13,15). The number of H-pyrrole nitrogens is 1. The lowest BCUT2D eigenvalue weighted by Crippen LogP contribution is -2.12. The highest BCUT2D eigenvalue weighted by Gasteiger charge is 2.20. The van der Waals surface area contributed by atoms with Crippen LogP contribution in [0.3, 0.4) is 0 Å². The van der Waals surface area contributed by atoms with Crippen LogP contribution < -0.4 is 9.60 Å². The van der Waals surface area contributed by atoms with Crippen molar-refractivity contribution in [2.75, 3.05) is 4.72 Å². The van der Waals surface area contributed by atoms with Crippen LogP contribution in [0.2, 0.25) is 0 Å². The zero-order valence-corrected chi connectivity index (χ0v) is 12.7. The maximum Gasteiger partial charge on any atom is 0.306 e. The minimum absolute atomic E-state index is 0.00639. The number of rotatable bonds is 3. The van der Waals surface area contributed by atoms with Crippen LogP contribution in [0.25, 0.3) is 10.2 Å². The fourth-order valence-electron chi connectivity index (χ4n) is 1.77. The lowest BCUT2D eigenvalue weighted by molar-refractivity contribution is 0.602. The van der Waals surface area contributed by atoms with Crippen LogP contribution in [-0.4, -0.2) is 18.4 Å². The third kappa shape index (κ3) is 2.35. The molecule has 2 heterocycles. The van der Waals surface area contributed by atoms with Gasteiger partial charge in [0.25, 0.3) is 10.0 Å². The van der Waals surface area contributed by atoms with Gasteiger partial charge in [-0.2, -0.15) is 0 Å². The Morgan fingerprint density at radius 3 is 2.85 bits per heavy atom. The van der Waals surface area contributed by atoms with Gasteiger partial charge in [-0.25, -0.2) is 13.4 Å². The van der Waals surface area contributed by atoms with E-state index in [0.717, 1.165) is 10.2 Å². The lowest BCUT2D eigenvalue weighted by atomic mass is 10.3. The summed E-state index contributed by atoms with van der Waals surface area (Å²) in [5.41, 5.74) is 3.30. The number of aromatic amines is 1. The van der Waals surface area contributed by atoms with E-state index in [1.54, 1.807) is 30.6 Å². The van der Waals surface area contributed by atoms with Gasteiger partial charge >= 0.3 is 4.87 Å². The van der Waals surface area contributed by atoms with Gasteiger partial charge in [0.05, 0.1) is 21.4 Å². The molecule has 2 N–H and O–H groups in total. The van der Waals surface area contributed by atoms with Crippen molar-refractivity contribution >= 4 is 48.6 Å². The van der Waals surface area contributed by atoms with Crippen molar-refractivity contribution in [2.45, 2.75) is 11.1 Å². The zero-order chi connectivity index (χ0) is 14.3. The first-order valence-corrected chi connectivity index (χ1v) is 8.69. The van der Waals surface area contributed by atoms with E-state index in [2.05, 4.69) is 14.7 Å². The lowest BCUT2D eigenvalue weighted by Gasteiger charge is -2.06. The summed E-state index contributed by atoms with van der Waals surface area (Å²) in [5.74, 6) is 0. The van der Waals surface area contributed by atoms with Gasteiger partial charge < -0.3 is 4.98 Å². The number of sulfonamides is 1. The second-order valence-electron chi connectivity index (χ2n) is 4.07. The van der Waals surface area contributed by atoms with Crippen molar-refractivity contribution in [1.29, 1.82) is 0 Å². The predicted molar refractivity (Wildman–Crippen MR) is 80.1 cm³/mol. The van der Waals surface area contributed by atoms with Crippen LogP contribution in [0.1, 0.15) is 5.69 Å². The molecule has 3 rings (SSSR count). The zero-order valence-electron chi connectivity index (χ0n) is 10.2. The van der Waals surface area contributed by atoms with Crippen LogP contribution in [0.15, 0.2) is 32.7 Å². The second-order valence-corrected chi connectivity index (χ2v) is 7.81. The molecule has 0 aliphatic rings. The van der Waals surface area contributed by atoms with Crippen LogP contribution >= 0.6 is 22.7 Å². The van der Waals surface area contributed by atoms with Crippen molar-refractivity contribution in [2.24, 2.45) is 0 Å². The third-order valence-electron chi connectivity index (χ3n) is 2.61. The van der Waals surface area contributed by atoms with Gasteiger partial charge in [0.15, 0.2) is 4.21 Å². The summed E-state index contributed by atoms with van der Waals surface area (Å²) in [6.45, 7) is 1.55. The average molecular weight is 327 g/mol. The maximum atomic E-state index is 12.2. The monoisotopic (exact) mass is 327 g/mol. The number of aryl methyl sites for hydroxylation is 1. The van der Waals surface area contributed by atoms with Crippen molar-refractivity contribution in [3.05, 3.63) is 39.1 Å². The highest BCUT2D eigenvalue weighted by Crippen LogP contribution is 2.25. The molecule has 6 nitrogen and oxygen atoms in total. The molecule has 0 radical (unpaired) electrons. The Morgan fingerprint density at radius 2 is 2.15 bits per heavy atom. The van der Waals surface area contributed by atoms with Crippen molar-refractivity contribution in [3.8, 4) is 0 Å². The van der Waals surface area contributed by atoms with Gasteiger partial charge in [0.2, 0.25) is 0 Å². The molecule has 0 aliphatic heterocycles. The molecule has 0 unspecified atom stereocenters. The molecule has 0 fully saturated rings. The summed E-state index contributed by atoms with van der Waals surface area (Å²) in [6.07, 6.45) is 0. The minimum atomic E-state index is -3.75. The quantitative estimate of drug-likeness (QED) is 0.771. The first-order chi connectivity index (χ1) is 9.45. The van der Waals surface area contributed by atoms with E-state index >= 15 is 0 Å². The predicted octanol–water partition coefficient (Wildman–Crippen LogP) is 2.16. The SMILES string of the molecule is Cc1[nH]c(=O)sc1S(=O)(=O)Nc1ccc2ncsc2c1. The van der Waals surface area contributed by atoms with Crippen molar-refractivity contribution in [1.82, 2.24) is 9.97 Å². The summed E-state index contributed by atoms with van der Waals surface area (Å²) in [5, 5.41) is 0. The molecule has 2 aromatic heterocycles. The average Bonchev–Trinajstić information content (AvgIpc) is 2.94. The Morgan fingerprint density at radius 1 is 1.35 bits per heavy atom. The van der Waals surface area contributed by atoms with E-state index in [4.69, 9.17) is 0 Å². The number of aromatic nitrogens is 2. The molecule has 20 heavy (non-hydrogen) atoms. The summed E-state index contributed by atoms with van der Waals surface area (Å²) >= 11 is 2.11. The molecular formula is C11H9N3O3S3. The Labute approximate surface area is 122 Å². The van der Waals surface area contributed by atoms with Gasteiger partial charge in [0.1, 0.15) is 0 Å². The molecule has 9 heteroatoms. The largest absolute Gasteiger partial charge is 0.315 e. The van der Waals surface area contributed by atoms with Gasteiger partial charge in [-0.3, -0.25) is 9.52 Å². The Bertz CT molecular complexity index is 936. The Hall–Kier alpha value is -1.71. The molecule has 0 atom stereocenters. The molecule has 104 valence electrons. The van der Waals surface area contributed by atoms with E-state index in [0.29, 0.717) is 22.7 Å². The third-order valence-corrected chi connectivity index (χ3v) is 6.39. The number of hydrogen-bond donors (Lipinski definition) is 2. The maximum absolute atomic E-state index is 12.2. The summed E-state index contributed by atoms with van der Waals surface area (Å²) in [6, 6.07) is 5.11. The topological polar surface area (TPSA) is 91.9 Å². The summed E-state index contributed by atoms with van der Waals surface area (Å²) in [4.78, 5) is 17.4. The van der Waals surface area contributed by atoms with Gasteiger partial charge in [-0.15, -0.1) is 11.3 Å². The molecule has 0 saturated heterocycles. The molecule has 0 bridgehead atoms. The molecule has 3 aromatic rings. The first kappa shape index (κ1) is 13.3. The van der Waals surface area contributed by atoms with Crippen LogP contribution in [0.5, 0.6) is 0 Å². The molecular weight excluding hydrogens is 318 g/mol. The molecule has 0 aliphatic carbocycles. The van der Waals surface area contributed by atoms with Crippen LogP contribution in [-0.2, 0) is 10.0 Å². The van der Waals surface area contributed by atoms with Crippen molar-refractivity contribution in [3.63, 3.8) is 0 Å². The molecule has 1 aromatic carbocycles.